The molecule has 1 unspecified atom stereocenters. The number of carbonyl (C=O) groups excluding carboxylic acids is 1. The van der Waals surface area contributed by atoms with Gasteiger partial charge in [-0.2, -0.15) is 0 Å². The van der Waals surface area contributed by atoms with E-state index in [1.165, 1.54) is 0 Å². The van der Waals surface area contributed by atoms with E-state index in [4.69, 9.17) is 0 Å². The minimum Gasteiger partial charge on any atom is -0.390 e. The van der Waals surface area contributed by atoms with E-state index in [-0.39, 0.29) is 11.8 Å². The molecule has 0 saturated heterocycles. The van der Waals surface area contributed by atoms with E-state index in [2.05, 4.69) is 0 Å². The van der Waals surface area contributed by atoms with E-state index in [9.17, 15) is 9.90 Å². The minimum absolute atomic E-state index is 0.0187. The molecule has 0 saturated carbocycles. The average molecular weight is 281 g/mol. The Balaban J connectivity index is 2.01. The molecule has 1 aliphatic rings. The maximum Gasteiger partial charge on any atom is 0.258 e. The van der Waals surface area contributed by atoms with Crippen LogP contribution in [-0.4, -0.2) is 23.2 Å². The SMILES string of the molecule is CC(C)(O)C1CN(C(=O)c2ccccc2)c2ccccc21. The highest BCUT2D eigenvalue weighted by Gasteiger charge is 2.39. The molecule has 0 spiro atoms. The molecule has 2 aromatic rings. The lowest BCUT2D eigenvalue weighted by atomic mass is 9.86. The smallest absolute Gasteiger partial charge is 0.258 e. The number of carbonyl (C=O) groups is 1. The summed E-state index contributed by atoms with van der Waals surface area (Å²) in [6, 6.07) is 17.1. The maximum absolute atomic E-state index is 12.7. The molecule has 1 N–H and O–H groups in total. The fourth-order valence-corrected chi connectivity index (χ4v) is 2.94. The number of rotatable bonds is 2. The molecule has 108 valence electrons. The number of hydrogen-bond donors (Lipinski definition) is 1. The first-order valence-electron chi connectivity index (χ1n) is 7.16. The fraction of sp³-hybridized carbons (Fsp3) is 0.278. The predicted octanol–water partition coefficient (Wildman–Crippen LogP) is 3.20. The summed E-state index contributed by atoms with van der Waals surface area (Å²) in [7, 11) is 0. The van der Waals surface area contributed by atoms with Crippen molar-refractivity contribution in [2.45, 2.75) is 25.4 Å². The number of anilines is 1. The van der Waals surface area contributed by atoms with Gasteiger partial charge in [0.25, 0.3) is 5.91 Å². The molecule has 0 fully saturated rings. The van der Waals surface area contributed by atoms with Crippen molar-refractivity contribution in [2.24, 2.45) is 0 Å². The van der Waals surface area contributed by atoms with E-state index >= 15 is 0 Å². The van der Waals surface area contributed by atoms with Crippen molar-refractivity contribution in [2.75, 3.05) is 11.4 Å². The molecule has 21 heavy (non-hydrogen) atoms. The second-order valence-corrected chi connectivity index (χ2v) is 6.05. The number of benzene rings is 2. The van der Waals surface area contributed by atoms with Gasteiger partial charge in [-0.25, -0.2) is 0 Å². The molecule has 0 radical (unpaired) electrons. The van der Waals surface area contributed by atoms with Crippen LogP contribution in [0.15, 0.2) is 54.6 Å². The topological polar surface area (TPSA) is 40.5 Å². The van der Waals surface area contributed by atoms with Crippen molar-refractivity contribution < 1.29 is 9.90 Å². The maximum atomic E-state index is 12.7. The number of para-hydroxylation sites is 1. The highest BCUT2D eigenvalue weighted by Crippen LogP contribution is 2.42. The number of amides is 1. The van der Waals surface area contributed by atoms with E-state index < -0.39 is 5.60 Å². The lowest BCUT2D eigenvalue weighted by Gasteiger charge is -2.26. The Morgan fingerprint density at radius 3 is 2.38 bits per heavy atom. The lowest BCUT2D eigenvalue weighted by Crippen LogP contribution is -2.36. The zero-order valence-electron chi connectivity index (χ0n) is 12.3. The molecule has 1 atom stereocenters. The van der Waals surface area contributed by atoms with Crippen molar-refractivity contribution >= 4 is 11.6 Å². The van der Waals surface area contributed by atoms with E-state index in [1.807, 2.05) is 54.6 Å². The second-order valence-electron chi connectivity index (χ2n) is 6.05. The number of nitrogens with zero attached hydrogens (tertiary/aromatic N) is 1. The Morgan fingerprint density at radius 1 is 1.10 bits per heavy atom. The summed E-state index contributed by atoms with van der Waals surface area (Å²) < 4.78 is 0. The van der Waals surface area contributed by atoms with Gasteiger partial charge in [-0.05, 0) is 37.6 Å². The molecular formula is C18H19NO2. The number of aliphatic hydroxyl groups is 1. The van der Waals surface area contributed by atoms with Gasteiger partial charge in [-0.15, -0.1) is 0 Å². The summed E-state index contributed by atoms with van der Waals surface area (Å²) in [5.41, 5.74) is 1.75. The average Bonchev–Trinajstić information content (AvgIpc) is 2.87. The molecule has 2 aromatic carbocycles. The van der Waals surface area contributed by atoms with Gasteiger partial charge in [0, 0.05) is 23.7 Å². The quantitative estimate of drug-likeness (QED) is 0.918. The normalized spacial score (nSPS) is 17.7. The third kappa shape index (κ3) is 2.45. The molecular weight excluding hydrogens is 262 g/mol. The molecule has 1 heterocycles. The molecule has 0 aromatic heterocycles. The molecule has 3 heteroatoms. The highest BCUT2D eigenvalue weighted by atomic mass is 16.3. The largest absolute Gasteiger partial charge is 0.390 e. The van der Waals surface area contributed by atoms with Crippen LogP contribution in [-0.2, 0) is 0 Å². The molecule has 1 aliphatic heterocycles. The van der Waals surface area contributed by atoms with Crippen LogP contribution in [0.3, 0.4) is 0 Å². The molecule has 3 rings (SSSR count). The van der Waals surface area contributed by atoms with Crippen LogP contribution in [0.2, 0.25) is 0 Å². The van der Waals surface area contributed by atoms with Crippen LogP contribution in [0, 0.1) is 0 Å². The van der Waals surface area contributed by atoms with Crippen LogP contribution in [0.5, 0.6) is 0 Å². The Morgan fingerprint density at radius 2 is 1.71 bits per heavy atom. The number of fused-ring (bicyclic) bond motifs is 1. The summed E-state index contributed by atoms with van der Waals surface area (Å²) in [6.45, 7) is 4.10. The van der Waals surface area contributed by atoms with Gasteiger partial charge >= 0.3 is 0 Å². The second kappa shape index (κ2) is 5.01. The first kappa shape index (κ1) is 13.8. The molecule has 3 nitrogen and oxygen atoms in total. The standard InChI is InChI=1S/C18H19NO2/c1-18(2,21)15-12-19(16-11-7-6-10-14(15)16)17(20)13-8-4-3-5-9-13/h3-11,15,21H,12H2,1-2H3. The summed E-state index contributed by atoms with van der Waals surface area (Å²) in [4.78, 5) is 14.5. The van der Waals surface area contributed by atoms with Gasteiger partial charge in [0.15, 0.2) is 0 Å². The van der Waals surface area contributed by atoms with Crippen molar-refractivity contribution in [1.29, 1.82) is 0 Å². The lowest BCUT2D eigenvalue weighted by molar-refractivity contribution is 0.0545. The van der Waals surface area contributed by atoms with E-state index in [1.54, 1.807) is 18.7 Å². The Kier molecular flexibility index (Phi) is 3.30. The third-order valence-corrected chi connectivity index (χ3v) is 4.09. The molecule has 0 bridgehead atoms. The number of hydrogen-bond acceptors (Lipinski definition) is 2. The van der Waals surface area contributed by atoms with Crippen LogP contribution >= 0.6 is 0 Å². The predicted molar refractivity (Wildman–Crippen MR) is 83.6 cm³/mol. The minimum atomic E-state index is -0.859. The van der Waals surface area contributed by atoms with Crippen LogP contribution < -0.4 is 4.90 Å². The van der Waals surface area contributed by atoms with Gasteiger partial charge in [-0.1, -0.05) is 36.4 Å². The summed E-state index contributed by atoms with van der Waals surface area (Å²) in [5.74, 6) is -0.0869. The molecule has 1 amide bonds. The van der Waals surface area contributed by atoms with Crippen molar-refractivity contribution in [3.05, 3.63) is 65.7 Å². The first-order chi connectivity index (χ1) is 9.98. The van der Waals surface area contributed by atoms with Gasteiger partial charge in [0.2, 0.25) is 0 Å². The zero-order chi connectivity index (χ0) is 15.0. The third-order valence-electron chi connectivity index (χ3n) is 4.09. The van der Waals surface area contributed by atoms with E-state index in [0.29, 0.717) is 12.1 Å². The van der Waals surface area contributed by atoms with Crippen LogP contribution in [0.25, 0.3) is 0 Å². The Hall–Kier alpha value is -2.13. The fourth-order valence-electron chi connectivity index (χ4n) is 2.94. The van der Waals surface area contributed by atoms with Gasteiger partial charge in [-0.3, -0.25) is 4.79 Å². The van der Waals surface area contributed by atoms with Crippen molar-refractivity contribution in [1.82, 2.24) is 0 Å². The zero-order valence-corrected chi connectivity index (χ0v) is 12.3. The van der Waals surface area contributed by atoms with Gasteiger partial charge < -0.3 is 10.0 Å². The van der Waals surface area contributed by atoms with Crippen molar-refractivity contribution in [3.8, 4) is 0 Å². The van der Waals surface area contributed by atoms with Crippen LogP contribution in [0.4, 0.5) is 5.69 Å². The summed E-state index contributed by atoms with van der Waals surface area (Å²) in [6.07, 6.45) is 0. The van der Waals surface area contributed by atoms with E-state index in [0.717, 1.165) is 11.3 Å². The van der Waals surface area contributed by atoms with Gasteiger partial charge in [0.1, 0.15) is 0 Å². The molecule has 0 aliphatic carbocycles. The monoisotopic (exact) mass is 281 g/mol. The first-order valence-corrected chi connectivity index (χ1v) is 7.16. The Labute approximate surface area is 124 Å². The van der Waals surface area contributed by atoms with Gasteiger partial charge in [0.05, 0.1) is 5.60 Å². The van der Waals surface area contributed by atoms with Crippen molar-refractivity contribution in [3.63, 3.8) is 0 Å². The highest BCUT2D eigenvalue weighted by molar-refractivity contribution is 6.07. The Bertz CT molecular complexity index is 658. The van der Waals surface area contributed by atoms with Crippen LogP contribution in [0.1, 0.15) is 35.7 Å². The summed E-state index contributed by atoms with van der Waals surface area (Å²) >= 11 is 0. The summed E-state index contributed by atoms with van der Waals surface area (Å²) in [5, 5.41) is 10.4.